The molecule has 100 valence electrons. The number of halogens is 2. The molecule has 0 bridgehead atoms. The summed E-state index contributed by atoms with van der Waals surface area (Å²) >= 11 is 9.30. The highest BCUT2D eigenvalue weighted by Gasteiger charge is 2.09. The molecule has 1 unspecified atom stereocenters. The van der Waals surface area contributed by atoms with Gasteiger partial charge in [-0.3, -0.25) is 4.98 Å². The molecule has 0 aliphatic rings. The number of hydrogen-bond donors (Lipinski definition) is 1. The molecule has 0 fully saturated rings. The summed E-state index contributed by atoms with van der Waals surface area (Å²) in [5, 5.41) is 4.12. The van der Waals surface area contributed by atoms with Crippen LogP contribution >= 0.6 is 27.5 Å². The molecule has 0 spiro atoms. The first-order chi connectivity index (χ1) is 9.17. The third-order valence-electron chi connectivity index (χ3n) is 3.05. The van der Waals surface area contributed by atoms with Gasteiger partial charge in [-0.1, -0.05) is 23.7 Å². The first-order valence-electron chi connectivity index (χ1n) is 6.19. The minimum Gasteiger partial charge on any atom is -0.316 e. The maximum absolute atomic E-state index is 5.90. The van der Waals surface area contributed by atoms with Gasteiger partial charge in [-0.25, -0.2) is 0 Å². The second kappa shape index (κ2) is 7.04. The maximum Gasteiger partial charge on any atom is 0.0420 e. The Morgan fingerprint density at radius 3 is 2.47 bits per heavy atom. The molecule has 4 heteroatoms. The van der Waals surface area contributed by atoms with E-state index < -0.39 is 0 Å². The van der Waals surface area contributed by atoms with Gasteiger partial charge >= 0.3 is 0 Å². The summed E-state index contributed by atoms with van der Waals surface area (Å²) in [4.78, 5) is 4.41. The average Bonchev–Trinajstić information content (AvgIpc) is 2.43. The van der Waals surface area contributed by atoms with E-state index in [1.165, 1.54) is 5.56 Å². The Morgan fingerprint density at radius 2 is 1.89 bits per heavy atom. The van der Waals surface area contributed by atoms with Crippen LogP contribution in [0.4, 0.5) is 0 Å². The zero-order chi connectivity index (χ0) is 13.7. The molecule has 2 rings (SSSR count). The van der Waals surface area contributed by atoms with Crippen LogP contribution in [0.5, 0.6) is 0 Å². The quantitative estimate of drug-likeness (QED) is 0.894. The van der Waals surface area contributed by atoms with Gasteiger partial charge in [0.15, 0.2) is 0 Å². The molecule has 19 heavy (non-hydrogen) atoms. The molecule has 0 saturated carbocycles. The van der Waals surface area contributed by atoms with Crippen LogP contribution in [0.15, 0.2) is 47.1 Å². The van der Waals surface area contributed by atoms with Crippen LogP contribution in [0.2, 0.25) is 5.02 Å². The van der Waals surface area contributed by atoms with Crippen LogP contribution in [0.1, 0.15) is 11.3 Å². The predicted octanol–water partition coefficient (Wildman–Crippen LogP) is 3.87. The summed E-state index contributed by atoms with van der Waals surface area (Å²) < 4.78 is 1.01. The molecule has 0 radical (unpaired) electrons. The second-order valence-electron chi connectivity index (χ2n) is 4.49. The highest BCUT2D eigenvalue weighted by molar-refractivity contribution is 9.10. The summed E-state index contributed by atoms with van der Waals surface area (Å²) in [7, 11) is 1.99. The molecule has 1 heterocycles. The van der Waals surface area contributed by atoms with Crippen LogP contribution in [0.25, 0.3) is 0 Å². The van der Waals surface area contributed by atoms with Crippen molar-refractivity contribution >= 4 is 27.5 Å². The average molecular weight is 340 g/mol. The smallest absolute Gasteiger partial charge is 0.0420 e. The van der Waals surface area contributed by atoms with Crippen LogP contribution in [-0.4, -0.2) is 18.1 Å². The number of pyridine rings is 1. The van der Waals surface area contributed by atoms with Gasteiger partial charge in [0, 0.05) is 33.8 Å². The SMILES string of the molecule is CNC(Cc1ccc(Cl)cc1)Cc1ccc(Br)cn1. The van der Waals surface area contributed by atoms with Gasteiger partial charge in [0.2, 0.25) is 0 Å². The molecule has 2 aromatic rings. The van der Waals surface area contributed by atoms with Crippen LogP contribution in [0.3, 0.4) is 0 Å². The minimum atomic E-state index is 0.370. The molecule has 1 aromatic carbocycles. The summed E-state index contributed by atoms with van der Waals surface area (Å²) in [6.45, 7) is 0. The fourth-order valence-corrected chi connectivity index (χ4v) is 2.32. The van der Waals surface area contributed by atoms with Crippen molar-refractivity contribution in [1.29, 1.82) is 0 Å². The first kappa shape index (κ1) is 14.5. The van der Waals surface area contributed by atoms with Gasteiger partial charge in [-0.2, -0.15) is 0 Å². The number of likely N-dealkylation sites (N-methyl/N-ethyl adjacent to an activating group) is 1. The Hall–Kier alpha value is -0.900. The number of benzene rings is 1. The number of nitrogens with zero attached hydrogens (tertiary/aromatic N) is 1. The van der Waals surface area contributed by atoms with Crippen molar-refractivity contribution in [3.63, 3.8) is 0 Å². The highest BCUT2D eigenvalue weighted by Crippen LogP contribution is 2.13. The molecular formula is C15H16BrClN2. The lowest BCUT2D eigenvalue weighted by Gasteiger charge is -2.16. The van der Waals surface area contributed by atoms with Crippen molar-refractivity contribution in [2.45, 2.75) is 18.9 Å². The Kier molecular flexibility index (Phi) is 5.37. The lowest BCUT2D eigenvalue weighted by molar-refractivity contribution is 0.550. The second-order valence-corrected chi connectivity index (χ2v) is 5.84. The topological polar surface area (TPSA) is 24.9 Å². The van der Waals surface area contributed by atoms with E-state index in [4.69, 9.17) is 11.6 Å². The van der Waals surface area contributed by atoms with Gasteiger partial charge < -0.3 is 5.32 Å². The largest absolute Gasteiger partial charge is 0.316 e. The molecule has 2 nitrogen and oxygen atoms in total. The fourth-order valence-electron chi connectivity index (χ4n) is 1.96. The van der Waals surface area contributed by atoms with Crippen molar-refractivity contribution in [1.82, 2.24) is 10.3 Å². The Morgan fingerprint density at radius 1 is 1.16 bits per heavy atom. The van der Waals surface area contributed by atoms with Crippen molar-refractivity contribution in [2.24, 2.45) is 0 Å². The van der Waals surface area contributed by atoms with E-state index in [-0.39, 0.29) is 0 Å². The monoisotopic (exact) mass is 338 g/mol. The lowest BCUT2D eigenvalue weighted by atomic mass is 10.0. The Bertz CT molecular complexity index is 463. The Labute approximate surface area is 127 Å². The van der Waals surface area contributed by atoms with E-state index in [9.17, 15) is 0 Å². The molecule has 1 atom stereocenters. The molecule has 0 aliphatic heterocycles. The van der Waals surface area contributed by atoms with E-state index >= 15 is 0 Å². The molecular weight excluding hydrogens is 324 g/mol. The van der Waals surface area contributed by atoms with E-state index in [0.29, 0.717) is 6.04 Å². The van der Waals surface area contributed by atoms with Crippen molar-refractivity contribution < 1.29 is 0 Å². The fraction of sp³-hybridized carbons (Fsp3) is 0.267. The van der Waals surface area contributed by atoms with E-state index in [1.54, 1.807) is 0 Å². The zero-order valence-electron chi connectivity index (χ0n) is 10.7. The van der Waals surface area contributed by atoms with Gasteiger partial charge in [-0.15, -0.1) is 0 Å². The number of hydrogen-bond acceptors (Lipinski definition) is 2. The van der Waals surface area contributed by atoms with Crippen LogP contribution in [0, 0.1) is 0 Å². The Balaban J connectivity index is 2.00. The third kappa shape index (κ3) is 4.60. The standard InChI is InChI=1S/C15H16BrClN2/c1-18-15(8-11-2-5-13(17)6-3-11)9-14-7-4-12(16)10-19-14/h2-7,10,15,18H,8-9H2,1H3. The molecule has 1 N–H and O–H groups in total. The van der Waals surface area contributed by atoms with E-state index in [1.807, 2.05) is 31.4 Å². The zero-order valence-corrected chi connectivity index (χ0v) is 13.1. The molecule has 0 aliphatic carbocycles. The molecule has 1 aromatic heterocycles. The summed E-state index contributed by atoms with van der Waals surface area (Å²) in [5.41, 5.74) is 2.37. The highest BCUT2D eigenvalue weighted by atomic mass is 79.9. The predicted molar refractivity (Wildman–Crippen MR) is 83.6 cm³/mol. The van der Waals surface area contributed by atoms with Gasteiger partial charge in [0.25, 0.3) is 0 Å². The summed E-state index contributed by atoms with van der Waals surface area (Å²) in [5.74, 6) is 0. The number of nitrogens with one attached hydrogen (secondary N) is 1. The van der Waals surface area contributed by atoms with E-state index in [2.05, 4.69) is 44.4 Å². The maximum atomic E-state index is 5.90. The normalized spacial score (nSPS) is 12.4. The number of rotatable bonds is 5. The number of aromatic nitrogens is 1. The third-order valence-corrected chi connectivity index (χ3v) is 3.77. The van der Waals surface area contributed by atoms with Crippen molar-refractivity contribution in [3.8, 4) is 0 Å². The summed E-state index contributed by atoms with van der Waals surface area (Å²) in [6.07, 6.45) is 3.71. The van der Waals surface area contributed by atoms with Crippen molar-refractivity contribution in [2.75, 3.05) is 7.05 Å². The van der Waals surface area contributed by atoms with Crippen LogP contribution < -0.4 is 5.32 Å². The van der Waals surface area contributed by atoms with Crippen LogP contribution in [-0.2, 0) is 12.8 Å². The summed E-state index contributed by atoms with van der Waals surface area (Å²) in [6, 6.07) is 12.5. The molecule has 0 amide bonds. The first-order valence-corrected chi connectivity index (χ1v) is 7.36. The van der Waals surface area contributed by atoms with Gasteiger partial charge in [-0.05, 0) is 59.2 Å². The van der Waals surface area contributed by atoms with Gasteiger partial charge in [0.05, 0.1) is 0 Å². The van der Waals surface area contributed by atoms with E-state index in [0.717, 1.165) is 28.0 Å². The lowest BCUT2D eigenvalue weighted by Crippen LogP contribution is -2.30. The minimum absolute atomic E-state index is 0.370. The van der Waals surface area contributed by atoms with Gasteiger partial charge in [0.1, 0.15) is 0 Å². The van der Waals surface area contributed by atoms with Crippen molar-refractivity contribution in [3.05, 3.63) is 63.3 Å². The molecule has 0 saturated heterocycles.